The van der Waals surface area contributed by atoms with Crippen LogP contribution in [0.3, 0.4) is 0 Å². The molecule has 0 spiro atoms. The topological polar surface area (TPSA) is 97.4 Å². The van der Waals surface area contributed by atoms with Gasteiger partial charge in [0.1, 0.15) is 11.3 Å². The number of aromatic nitrogens is 2. The molecule has 1 fully saturated rings. The zero-order chi connectivity index (χ0) is 22.5. The summed E-state index contributed by atoms with van der Waals surface area (Å²) < 4.78 is 7.74. The second-order valence-corrected chi connectivity index (χ2v) is 8.71. The molecule has 1 atom stereocenters. The Morgan fingerprint density at radius 1 is 1.19 bits per heavy atom. The number of Topliss-reactive ketones (excluding diaryl/α,β-unsaturated/α-hetero) is 1. The number of amides is 3. The first-order chi connectivity index (χ1) is 14.6. The highest BCUT2D eigenvalue weighted by Crippen LogP contribution is 2.31. The van der Waals surface area contributed by atoms with Crippen LogP contribution in [0.15, 0.2) is 45.4 Å². The van der Waals surface area contributed by atoms with Crippen molar-refractivity contribution in [2.24, 2.45) is 0 Å². The highest BCUT2D eigenvalue weighted by atomic mass is 79.9. The SMILES string of the molecule is Cc1cc(-n2c(C)cc(C(=O)CN3C(=O)NC(C)(c4cccc(Br)c4)C3=O)c2C)no1. The molecule has 3 aromatic rings. The largest absolute Gasteiger partial charge is 0.360 e. The van der Waals surface area contributed by atoms with Crippen molar-refractivity contribution in [1.82, 2.24) is 19.9 Å². The van der Waals surface area contributed by atoms with Gasteiger partial charge in [-0.15, -0.1) is 0 Å². The molecule has 8 nitrogen and oxygen atoms in total. The predicted octanol–water partition coefficient (Wildman–Crippen LogP) is 3.80. The number of imide groups is 1. The van der Waals surface area contributed by atoms with E-state index in [1.807, 2.05) is 13.0 Å². The van der Waals surface area contributed by atoms with E-state index in [2.05, 4.69) is 26.4 Å². The Morgan fingerprint density at radius 2 is 1.94 bits per heavy atom. The van der Waals surface area contributed by atoms with E-state index in [9.17, 15) is 14.4 Å². The average molecular weight is 485 g/mol. The molecular weight excluding hydrogens is 464 g/mol. The molecule has 160 valence electrons. The van der Waals surface area contributed by atoms with Crippen molar-refractivity contribution in [2.75, 3.05) is 6.54 Å². The van der Waals surface area contributed by atoms with Crippen molar-refractivity contribution < 1.29 is 18.9 Å². The standard InChI is InChI=1S/C22H21BrN4O4/c1-12-8-17(14(3)27(12)19-9-13(2)31-25-19)18(28)11-26-20(29)22(4,24-21(26)30)15-6-5-7-16(23)10-15/h5-10H,11H2,1-4H3,(H,24,30). The van der Waals surface area contributed by atoms with E-state index in [4.69, 9.17) is 4.52 Å². The maximum absolute atomic E-state index is 13.1. The summed E-state index contributed by atoms with van der Waals surface area (Å²) in [5, 5.41) is 6.74. The van der Waals surface area contributed by atoms with Crippen LogP contribution >= 0.6 is 15.9 Å². The van der Waals surface area contributed by atoms with Gasteiger partial charge in [0.2, 0.25) is 0 Å². The van der Waals surface area contributed by atoms with Crippen LogP contribution in [0, 0.1) is 20.8 Å². The van der Waals surface area contributed by atoms with Crippen LogP contribution in [0.4, 0.5) is 4.79 Å². The van der Waals surface area contributed by atoms with Crippen LogP contribution in [0.25, 0.3) is 5.82 Å². The van der Waals surface area contributed by atoms with Crippen molar-refractivity contribution in [3.8, 4) is 5.82 Å². The van der Waals surface area contributed by atoms with Gasteiger partial charge in [-0.2, -0.15) is 0 Å². The number of ketones is 1. The highest BCUT2D eigenvalue weighted by molar-refractivity contribution is 9.10. The van der Waals surface area contributed by atoms with E-state index in [-0.39, 0.29) is 12.3 Å². The Balaban J connectivity index is 1.61. The van der Waals surface area contributed by atoms with Crippen molar-refractivity contribution in [1.29, 1.82) is 0 Å². The summed E-state index contributed by atoms with van der Waals surface area (Å²) in [4.78, 5) is 39.8. The molecule has 3 amide bonds. The molecule has 0 saturated carbocycles. The van der Waals surface area contributed by atoms with E-state index in [0.717, 1.165) is 15.1 Å². The van der Waals surface area contributed by atoms with Gasteiger partial charge in [0.15, 0.2) is 11.6 Å². The van der Waals surface area contributed by atoms with Gasteiger partial charge in [-0.05, 0) is 51.5 Å². The monoisotopic (exact) mass is 484 g/mol. The molecule has 1 aromatic carbocycles. The maximum Gasteiger partial charge on any atom is 0.325 e. The summed E-state index contributed by atoms with van der Waals surface area (Å²) in [6.45, 7) is 6.72. The number of halogens is 1. The number of rotatable bonds is 5. The first kappa shape index (κ1) is 21.0. The van der Waals surface area contributed by atoms with Crippen LogP contribution in [0.5, 0.6) is 0 Å². The van der Waals surface area contributed by atoms with E-state index < -0.39 is 17.5 Å². The third-order valence-corrected chi connectivity index (χ3v) is 6.05. The van der Waals surface area contributed by atoms with Gasteiger partial charge in [0.05, 0.1) is 6.54 Å². The van der Waals surface area contributed by atoms with E-state index in [0.29, 0.717) is 28.4 Å². The fraction of sp³-hybridized carbons (Fsp3) is 0.273. The number of carbonyl (C=O) groups excluding carboxylic acids is 3. The fourth-order valence-electron chi connectivity index (χ4n) is 3.92. The number of urea groups is 1. The molecule has 1 aliphatic rings. The van der Waals surface area contributed by atoms with Gasteiger partial charge in [-0.25, -0.2) is 4.79 Å². The zero-order valence-corrected chi connectivity index (χ0v) is 19.1. The summed E-state index contributed by atoms with van der Waals surface area (Å²) >= 11 is 3.39. The van der Waals surface area contributed by atoms with Crippen LogP contribution in [0.1, 0.15) is 40.0 Å². The van der Waals surface area contributed by atoms with Gasteiger partial charge in [0, 0.05) is 27.5 Å². The Hall–Kier alpha value is -3.20. The molecule has 2 aromatic heterocycles. The third-order valence-electron chi connectivity index (χ3n) is 5.55. The second-order valence-electron chi connectivity index (χ2n) is 7.80. The minimum atomic E-state index is -1.24. The van der Waals surface area contributed by atoms with Gasteiger partial charge in [0.25, 0.3) is 5.91 Å². The molecule has 31 heavy (non-hydrogen) atoms. The Morgan fingerprint density at radius 3 is 2.58 bits per heavy atom. The van der Waals surface area contributed by atoms with Crippen LogP contribution in [-0.2, 0) is 10.3 Å². The summed E-state index contributed by atoms with van der Waals surface area (Å²) in [6, 6.07) is 10.1. The predicted molar refractivity (Wildman–Crippen MR) is 116 cm³/mol. The van der Waals surface area contributed by atoms with E-state index >= 15 is 0 Å². The van der Waals surface area contributed by atoms with Crippen molar-refractivity contribution in [3.63, 3.8) is 0 Å². The van der Waals surface area contributed by atoms with Gasteiger partial charge >= 0.3 is 6.03 Å². The smallest absolute Gasteiger partial charge is 0.325 e. The van der Waals surface area contributed by atoms with Crippen LogP contribution < -0.4 is 5.32 Å². The minimum absolute atomic E-state index is 0.332. The molecule has 4 rings (SSSR count). The van der Waals surface area contributed by atoms with E-state index in [1.54, 1.807) is 55.7 Å². The van der Waals surface area contributed by atoms with Gasteiger partial charge < -0.3 is 9.84 Å². The molecule has 0 bridgehead atoms. The van der Waals surface area contributed by atoms with Gasteiger partial charge in [-0.3, -0.25) is 19.1 Å². The molecule has 1 saturated heterocycles. The lowest BCUT2D eigenvalue weighted by Crippen LogP contribution is -2.41. The number of carbonyl (C=O) groups is 3. The first-order valence-electron chi connectivity index (χ1n) is 9.68. The molecule has 1 aliphatic heterocycles. The number of aryl methyl sites for hydroxylation is 2. The summed E-state index contributed by atoms with van der Waals surface area (Å²) in [6.07, 6.45) is 0. The molecular formula is C22H21BrN4O4. The first-order valence-corrected chi connectivity index (χ1v) is 10.5. The average Bonchev–Trinajstić information content (AvgIpc) is 3.33. The molecule has 3 heterocycles. The number of hydrogen-bond donors (Lipinski definition) is 1. The zero-order valence-electron chi connectivity index (χ0n) is 17.5. The van der Waals surface area contributed by atoms with E-state index in [1.165, 1.54) is 0 Å². The molecule has 9 heteroatoms. The maximum atomic E-state index is 13.1. The van der Waals surface area contributed by atoms with Crippen molar-refractivity contribution in [3.05, 3.63) is 69.1 Å². The molecule has 1 unspecified atom stereocenters. The summed E-state index contributed by atoms with van der Waals surface area (Å²) in [5.41, 5.74) is 1.28. The lowest BCUT2D eigenvalue weighted by molar-refractivity contribution is -0.130. The summed E-state index contributed by atoms with van der Waals surface area (Å²) in [7, 11) is 0. The van der Waals surface area contributed by atoms with Crippen molar-refractivity contribution in [2.45, 2.75) is 33.2 Å². The number of nitrogens with zero attached hydrogens (tertiary/aromatic N) is 3. The Labute approximate surface area is 187 Å². The summed E-state index contributed by atoms with van der Waals surface area (Å²) in [5.74, 6) is 0.428. The normalized spacial score (nSPS) is 18.5. The Kier molecular flexibility index (Phi) is 5.09. The van der Waals surface area contributed by atoms with Crippen molar-refractivity contribution >= 4 is 33.7 Å². The van der Waals surface area contributed by atoms with Crippen LogP contribution in [-0.4, -0.2) is 38.9 Å². The quantitative estimate of drug-likeness (QED) is 0.438. The Bertz CT molecular complexity index is 1230. The minimum Gasteiger partial charge on any atom is -0.360 e. The lowest BCUT2D eigenvalue weighted by Gasteiger charge is -2.22. The highest BCUT2D eigenvalue weighted by Gasteiger charge is 2.49. The van der Waals surface area contributed by atoms with Crippen LogP contribution in [0.2, 0.25) is 0 Å². The number of benzene rings is 1. The number of nitrogens with one attached hydrogen (secondary N) is 1. The second kappa shape index (κ2) is 7.49. The molecule has 0 radical (unpaired) electrons. The fourth-order valence-corrected chi connectivity index (χ4v) is 4.32. The van der Waals surface area contributed by atoms with Gasteiger partial charge in [-0.1, -0.05) is 33.2 Å². The third kappa shape index (κ3) is 3.48. The lowest BCUT2D eigenvalue weighted by atomic mass is 9.92. The number of hydrogen-bond acceptors (Lipinski definition) is 5. The molecule has 0 aliphatic carbocycles. The molecule has 1 N–H and O–H groups in total.